The lowest BCUT2D eigenvalue weighted by molar-refractivity contribution is 0.254. The first-order valence-electron chi connectivity index (χ1n) is 10.1. The summed E-state index contributed by atoms with van der Waals surface area (Å²) in [6.45, 7) is 3.37. The molecule has 1 aromatic carbocycles. The van der Waals surface area contributed by atoms with Crippen LogP contribution in [0, 0.1) is 5.82 Å². The summed E-state index contributed by atoms with van der Waals surface area (Å²) in [5.41, 5.74) is 3.28. The average Bonchev–Trinajstić information content (AvgIpc) is 3.17. The van der Waals surface area contributed by atoms with Gasteiger partial charge in [0.1, 0.15) is 18.2 Å². The van der Waals surface area contributed by atoms with Gasteiger partial charge in [0, 0.05) is 24.4 Å². The van der Waals surface area contributed by atoms with Crippen LogP contribution in [0.3, 0.4) is 0 Å². The molecule has 0 saturated heterocycles. The van der Waals surface area contributed by atoms with Crippen LogP contribution >= 0.6 is 0 Å². The van der Waals surface area contributed by atoms with Gasteiger partial charge in [0.15, 0.2) is 5.65 Å². The van der Waals surface area contributed by atoms with E-state index < -0.39 is 0 Å². The molecule has 0 aliphatic heterocycles. The molecule has 0 radical (unpaired) electrons. The number of nitrogens with zero attached hydrogens (tertiary/aromatic N) is 5. The number of fused-ring (bicyclic) bond motifs is 1. The summed E-state index contributed by atoms with van der Waals surface area (Å²) in [4.78, 5) is 10.9. The van der Waals surface area contributed by atoms with Gasteiger partial charge in [0.05, 0.1) is 17.9 Å². The molecule has 4 aromatic rings. The number of rotatable bonds is 8. The van der Waals surface area contributed by atoms with Crippen LogP contribution in [0.25, 0.3) is 16.9 Å². The first kappa shape index (κ1) is 20.7. The number of imidazole rings is 1. The highest BCUT2D eigenvalue weighted by Crippen LogP contribution is 2.23. The first-order chi connectivity index (χ1) is 15.0. The van der Waals surface area contributed by atoms with E-state index in [0.29, 0.717) is 18.3 Å². The second-order valence-corrected chi connectivity index (χ2v) is 7.59. The highest BCUT2D eigenvalue weighted by atomic mass is 19.1. The van der Waals surface area contributed by atoms with Crippen LogP contribution in [0.15, 0.2) is 60.9 Å². The number of hydrogen-bond donors (Lipinski definition) is 1. The monoisotopic (exact) mass is 420 g/mol. The van der Waals surface area contributed by atoms with Gasteiger partial charge in [-0.3, -0.25) is 0 Å². The second-order valence-electron chi connectivity index (χ2n) is 7.59. The molecule has 0 aliphatic carbocycles. The van der Waals surface area contributed by atoms with Gasteiger partial charge in [0.25, 0.3) is 0 Å². The Hall–Kier alpha value is -3.52. The fraction of sp³-hybridized carbons (Fsp3) is 0.261. The van der Waals surface area contributed by atoms with Crippen molar-refractivity contribution in [1.82, 2.24) is 24.5 Å². The third kappa shape index (κ3) is 4.97. The highest BCUT2D eigenvalue weighted by molar-refractivity contribution is 5.63. The molecule has 160 valence electrons. The SMILES string of the molecule is C[C@@H](Nc1ccc2ncc(-c3ccc(OCCN(C)C)nc3)n2n1)c1cccc(F)c1. The van der Waals surface area contributed by atoms with Crippen LogP contribution in [0.5, 0.6) is 5.88 Å². The molecule has 3 aromatic heterocycles. The molecule has 0 unspecified atom stereocenters. The van der Waals surface area contributed by atoms with E-state index in [9.17, 15) is 4.39 Å². The van der Waals surface area contributed by atoms with Crippen LogP contribution in [0.4, 0.5) is 10.2 Å². The van der Waals surface area contributed by atoms with Gasteiger partial charge in [0.2, 0.25) is 5.88 Å². The Morgan fingerprint density at radius 1 is 1.10 bits per heavy atom. The van der Waals surface area contributed by atoms with Crippen molar-refractivity contribution in [3.05, 3.63) is 72.3 Å². The zero-order valence-corrected chi connectivity index (χ0v) is 17.8. The number of hydrogen-bond acceptors (Lipinski definition) is 6. The largest absolute Gasteiger partial charge is 0.476 e. The van der Waals surface area contributed by atoms with Crippen molar-refractivity contribution in [3.8, 4) is 17.1 Å². The predicted molar refractivity (Wildman–Crippen MR) is 119 cm³/mol. The van der Waals surface area contributed by atoms with Crippen molar-refractivity contribution in [2.75, 3.05) is 32.6 Å². The van der Waals surface area contributed by atoms with Gasteiger partial charge < -0.3 is 15.0 Å². The molecule has 0 saturated carbocycles. The van der Waals surface area contributed by atoms with Crippen LogP contribution in [0.1, 0.15) is 18.5 Å². The lowest BCUT2D eigenvalue weighted by Crippen LogP contribution is -2.19. The molecule has 1 N–H and O–H groups in total. The van der Waals surface area contributed by atoms with Crippen molar-refractivity contribution < 1.29 is 9.13 Å². The summed E-state index contributed by atoms with van der Waals surface area (Å²) < 4.78 is 21.0. The minimum Gasteiger partial charge on any atom is -0.476 e. The summed E-state index contributed by atoms with van der Waals surface area (Å²) in [5.74, 6) is 0.992. The Morgan fingerprint density at radius 3 is 2.71 bits per heavy atom. The smallest absolute Gasteiger partial charge is 0.213 e. The van der Waals surface area contributed by atoms with Crippen molar-refractivity contribution in [2.24, 2.45) is 0 Å². The molecule has 0 amide bonds. The Kier molecular flexibility index (Phi) is 6.08. The number of aromatic nitrogens is 4. The molecule has 8 heteroatoms. The Morgan fingerprint density at radius 2 is 1.97 bits per heavy atom. The number of nitrogens with one attached hydrogen (secondary N) is 1. The molecule has 0 spiro atoms. The Bertz CT molecular complexity index is 1160. The lowest BCUT2D eigenvalue weighted by Gasteiger charge is -2.15. The van der Waals surface area contributed by atoms with Crippen molar-refractivity contribution >= 4 is 11.5 Å². The molecule has 0 bridgehead atoms. The molecule has 7 nitrogen and oxygen atoms in total. The van der Waals surface area contributed by atoms with Crippen LogP contribution in [-0.2, 0) is 0 Å². The van der Waals surface area contributed by atoms with E-state index in [1.54, 1.807) is 23.0 Å². The van der Waals surface area contributed by atoms with E-state index in [2.05, 4.69) is 25.3 Å². The minimum absolute atomic E-state index is 0.104. The van der Waals surface area contributed by atoms with Crippen molar-refractivity contribution in [3.63, 3.8) is 0 Å². The van der Waals surface area contributed by atoms with E-state index in [1.165, 1.54) is 12.1 Å². The zero-order valence-electron chi connectivity index (χ0n) is 17.8. The summed E-state index contributed by atoms with van der Waals surface area (Å²) in [6.07, 6.45) is 3.53. The summed E-state index contributed by atoms with van der Waals surface area (Å²) in [7, 11) is 4.00. The van der Waals surface area contributed by atoms with E-state index in [-0.39, 0.29) is 11.9 Å². The number of anilines is 1. The fourth-order valence-corrected chi connectivity index (χ4v) is 3.18. The molecule has 0 aliphatic rings. The van der Waals surface area contributed by atoms with Gasteiger partial charge in [-0.2, -0.15) is 0 Å². The maximum atomic E-state index is 13.5. The molecule has 1 atom stereocenters. The first-order valence-corrected chi connectivity index (χ1v) is 10.1. The van der Waals surface area contributed by atoms with Gasteiger partial charge in [-0.25, -0.2) is 18.9 Å². The number of likely N-dealkylation sites (N-methyl/N-ethyl adjacent to an activating group) is 1. The summed E-state index contributed by atoms with van der Waals surface area (Å²) in [5, 5.41) is 8.00. The van der Waals surface area contributed by atoms with E-state index in [4.69, 9.17) is 4.74 Å². The quantitative estimate of drug-likeness (QED) is 0.464. The maximum Gasteiger partial charge on any atom is 0.213 e. The maximum absolute atomic E-state index is 13.5. The molecule has 4 rings (SSSR count). The summed E-state index contributed by atoms with van der Waals surface area (Å²) in [6, 6.07) is 14.0. The van der Waals surface area contributed by atoms with Crippen LogP contribution < -0.4 is 10.1 Å². The molecular weight excluding hydrogens is 395 g/mol. The predicted octanol–water partition coefficient (Wildman–Crippen LogP) is 4.04. The topological polar surface area (TPSA) is 67.6 Å². The third-order valence-corrected chi connectivity index (χ3v) is 4.90. The number of pyridine rings is 1. The highest BCUT2D eigenvalue weighted by Gasteiger charge is 2.11. The van der Waals surface area contributed by atoms with Crippen molar-refractivity contribution in [1.29, 1.82) is 0 Å². The average molecular weight is 420 g/mol. The lowest BCUT2D eigenvalue weighted by atomic mass is 10.1. The molecule has 31 heavy (non-hydrogen) atoms. The van der Waals surface area contributed by atoms with E-state index >= 15 is 0 Å². The van der Waals surface area contributed by atoms with Gasteiger partial charge in [-0.15, -0.1) is 5.10 Å². The van der Waals surface area contributed by atoms with Gasteiger partial charge in [-0.05, 0) is 56.9 Å². The number of benzene rings is 1. The fourth-order valence-electron chi connectivity index (χ4n) is 3.18. The molecule has 3 heterocycles. The van der Waals surface area contributed by atoms with Crippen molar-refractivity contribution in [2.45, 2.75) is 13.0 Å². The number of ether oxygens (including phenoxy) is 1. The molecular formula is C23H25FN6O. The summed E-state index contributed by atoms with van der Waals surface area (Å²) >= 11 is 0. The van der Waals surface area contributed by atoms with Gasteiger partial charge in [-0.1, -0.05) is 12.1 Å². The third-order valence-electron chi connectivity index (χ3n) is 4.90. The van der Waals surface area contributed by atoms with E-state index in [0.717, 1.165) is 29.0 Å². The van der Waals surface area contributed by atoms with E-state index in [1.807, 2.05) is 51.4 Å². The van der Waals surface area contributed by atoms with Gasteiger partial charge >= 0.3 is 0 Å². The van der Waals surface area contributed by atoms with Crippen LogP contribution in [0.2, 0.25) is 0 Å². The Labute approximate surface area is 180 Å². The number of halogens is 1. The molecule has 0 fully saturated rings. The normalized spacial score (nSPS) is 12.3. The standard InChI is InChI=1S/C23H25FN6O/c1-16(17-5-4-6-19(24)13-17)27-21-8-9-22-25-15-20(30(22)28-21)18-7-10-23(26-14-18)31-12-11-29(2)3/h4-10,13-16H,11-12H2,1-3H3,(H,27,28)/t16-/m1/s1. The second kappa shape index (κ2) is 9.09. The zero-order chi connectivity index (χ0) is 21.8. The van der Waals surface area contributed by atoms with Crippen LogP contribution in [-0.4, -0.2) is 51.7 Å². The minimum atomic E-state index is -0.256. The Balaban J connectivity index is 1.53.